The number of amides is 1. The molecule has 5 heteroatoms. The average Bonchev–Trinajstić information content (AvgIpc) is 3.02. The molecule has 5 nitrogen and oxygen atoms in total. The molecule has 0 aliphatic heterocycles. The van der Waals surface area contributed by atoms with Crippen LogP contribution in [0.5, 0.6) is 0 Å². The van der Waals surface area contributed by atoms with Crippen molar-refractivity contribution in [3.05, 3.63) is 71.9 Å². The van der Waals surface area contributed by atoms with Crippen molar-refractivity contribution < 1.29 is 14.3 Å². The van der Waals surface area contributed by atoms with E-state index in [-0.39, 0.29) is 12.5 Å². The van der Waals surface area contributed by atoms with Crippen LogP contribution in [0.2, 0.25) is 0 Å². The maximum Gasteiger partial charge on any atom is 0.325 e. The van der Waals surface area contributed by atoms with Crippen LogP contribution in [-0.2, 0) is 16.1 Å². The van der Waals surface area contributed by atoms with E-state index in [0.717, 1.165) is 17.4 Å². The van der Waals surface area contributed by atoms with Gasteiger partial charge in [0.2, 0.25) is 0 Å². The SMILES string of the molecule is COC(=O)CNC(=O)c1ccc2c(ccn2Cc2ccccc2)c1. The van der Waals surface area contributed by atoms with Crippen LogP contribution >= 0.6 is 0 Å². The van der Waals surface area contributed by atoms with E-state index in [4.69, 9.17) is 0 Å². The van der Waals surface area contributed by atoms with Crippen molar-refractivity contribution in [1.29, 1.82) is 0 Å². The van der Waals surface area contributed by atoms with E-state index in [0.29, 0.717) is 5.56 Å². The van der Waals surface area contributed by atoms with Crippen molar-refractivity contribution in [3.8, 4) is 0 Å². The number of rotatable bonds is 5. The molecule has 1 heterocycles. The van der Waals surface area contributed by atoms with Gasteiger partial charge < -0.3 is 14.6 Å². The first-order chi connectivity index (χ1) is 11.7. The second kappa shape index (κ2) is 7.00. The van der Waals surface area contributed by atoms with E-state index in [1.807, 2.05) is 42.6 Å². The molecule has 0 atom stereocenters. The first kappa shape index (κ1) is 15.8. The lowest BCUT2D eigenvalue weighted by molar-refractivity contribution is -0.139. The van der Waals surface area contributed by atoms with Gasteiger partial charge in [-0.05, 0) is 29.8 Å². The number of nitrogens with one attached hydrogen (secondary N) is 1. The smallest absolute Gasteiger partial charge is 0.325 e. The third-order valence-electron chi connectivity index (χ3n) is 3.85. The van der Waals surface area contributed by atoms with Gasteiger partial charge in [-0.15, -0.1) is 0 Å². The number of methoxy groups -OCH3 is 1. The van der Waals surface area contributed by atoms with Crippen molar-refractivity contribution in [2.45, 2.75) is 6.54 Å². The molecular formula is C19H18N2O3. The van der Waals surface area contributed by atoms with Crippen LogP contribution in [0.4, 0.5) is 0 Å². The van der Waals surface area contributed by atoms with Crippen LogP contribution in [0, 0.1) is 0 Å². The Morgan fingerprint density at radius 2 is 1.88 bits per heavy atom. The van der Waals surface area contributed by atoms with Crippen LogP contribution in [0.1, 0.15) is 15.9 Å². The van der Waals surface area contributed by atoms with Gasteiger partial charge in [0.25, 0.3) is 5.91 Å². The number of esters is 1. The standard InChI is InChI=1S/C19H18N2O3/c1-24-18(22)12-20-19(23)16-7-8-17-15(11-16)9-10-21(17)13-14-5-3-2-4-6-14/h2-11H,12-13H2,1H3,(H,20,23). The minimum Gasteiger partial charge on any atom is -0.468 e. The highest BCUT2D eigenvalue weighted by molar-refractivity contribution is 5.99. The summed E-state index contributed by atoms with van der Waals surface area (Å²) >= 11 is 0. The van der Waals surface area contributed by atoms with Gasteiger partial charge >= 0.3 is 5.97 Å². The maximum atomic E-state index is 12.1. The van der Waals surface area contributed by atoms with E-state index in [9.17, 15) is 9.59 Å². The minimum absolute atomic E-state index is 0.137. The molecule has 2 aromatic carbocycles. The molecule has 1 N–H and O–H groups in total. The normalized spacial score (nSPS) is 10.5. The third kappa shape index (κ3) is 3.46. The van der Waals surface area contributed by atoms with Gasteiger partial charge in [-0.3, -0.25) is 9.59 Å². The molecule has 0 radical (unpaired) electrons. The van der Waals surface area contributed by atoms with E-state index in [1.54, 1.807) is 6.07 Å². The Morgan fingerprint density at radius 1 is 1.08 bits per heavy atom. The van der Waals surface area contributed by atoms with E-state index in [1.165, 1.54) is 12.7 Å². The van der Waals surface area contributed by atoms with Crippen molar-refractivity contribution in [3.63, 3.8) is 0 Å². The molecule has 0 aliphatic carbocycles. The van der Waals surface area contributed by atoms with Gasteiger partial charge in [-0.1, -0.05) is 30.3 Å². The molecule has 0 aliphatic rings. The third-order valence-corrected chi connectivity index (χ3v) is 3.85. The van der Waals surface area contributed by atoms with Gasteiger partial charge in [0, 0.05) is 29.2 Å². The Morgan fingerprint density at radius 3 is 2.62 bits per heavy atom. The zero-order valence-corrected chi connectivity index (χ0v) is 13.4. The molecule has 1 amide bonds. The van der Waals surface area contributed by atoms with Gasteiger partial charge in [0.1, 0.15) is 6.54 Å². The molecular weight excluding hydrogens is 304 g/mol. The second-order valence-corrected chi connectivity index (χ2v) is 5.46. The summed E-state index contributed by atoms with van der Waals surface area (Å²) in [4.78, 5) is 23.2. The van der Waals surface area contributed by atoms with Crippen molar-refractivity contribution in [1.82, 2.24) is 9.88 Å². The summed E-state index contributed by atoms with van der Waals surface area (Å²) < 4.78 is 6.65. The van der Waals surface area contributed by atoms with Crippen LogP contribution in [-0.4, -0.2) is 30.1 Å². The summed E-state index contributed by atoms with van der Waals surface area (Å²) in [7, 11) is 1.29. The zero-order chi connectivity index (χ0) is 16.9. The van der Waals surface area contributed by atoms with Crippen molar-refractivity contribution in [2.24, 2.45) is 0 Å². The molecule has 0 saturated carbocycles. The maximum absolute atomic E-state index is 12.1. The largest absolute Gasteiger partial charge is 0.468 e. The summed E-state index contributed by atoms with van der Waals surface area (Å²) in [5.41, 5.74) is 2.79. The fraction of sp³-hybridized carbons (Fsp3) is 0.158. The van der Waals surface area contributed by atoms with Gasteiger partial charge in [0.05, 0.1) is 7.11 Å². The molecule has 1 aromatic heterocycles. The number of carbonyl (C=O) groups excluding carboxylic acids is 2. The second-order valence-electron chi connectivity index (χ2n) is 5.46. The highest BCUT2D eigenvalue weighted by Gasteiger charge is 2.10. The molecule has 24 heavy (non-hydrogen) atoms. The summed E-state index contributed by atoms with van der Waals surface area (Å²) in [5, 5.41) is 3.52. The summed E-state index contributed by atoms with van der Waals surface area (Å²) in [6.07, 6.45) is 2.01. The van der Waals surface area contributed by atoms with Gasteiger partial charge in [0.15, 0.2) is 0 Å². The number of hydrogen-bond donors (Lipinski definition) is 1. The number of fused-ring (bicyclic) bond motifs is 1. The van der Waals surface area contributed by atoms with Crippen LogP contribution in [0.3, 0.4) is 0 Å². The first-order valence-corrected chi connectivity index (χ1v) is 7.65. The van der Waals surface area contributed by atoms with Gasteiger partial charge in [-0.2, -0.15) is 0 Å². The Bertz CT molecular complexity index is 869. The number of carbonyl (C=O) groups is 2. The zero-order valence-electron chi connectivity index (χ0n) is 13.4. The molecule has 0 saturated heterocycles. The predicted octanol–water partition coefficient (Wildman–Crippen LogP) is 2.59. The fourth-order valence-corrected chi connectivity index (χ4v) is 2.59. The lowest BCUT2D eigenvalue weighted by Crippen LogP contribution is -2.30. The molecule has 3 aromatic rings. The number of nitrogens with zero attached hydrogens (tertiary/aromatic N) is 1. The Kier molecular flexibility index (Phi) is 4.61. The van der Waals surface area contributed by atoms with Crippen LogP contribution < -0.4 is 5.32 Å². The van der Waals surface area contributed by atoms with E-state index >= 15 is 0 Å². The first-order valence-electron chi connectivity index (χ1n) is 7.65. The van der Waals surface area contributed by atoms with Crippen LogP contribution in [0.15, 0.2) is 60.8 Å². The molecule has 0 spiro atoms. The average molecular weight is 322 g/mol. The van der Waals surface area contributed by atoms with Crippen molar-refractivity contribution >= 4 is 22.8 Å². The fourth-order valence-electron chi connectivity index (χ4n) is 2.59. The van der Waals surface area contributed by atoms with Gasteiger partial charge in [-0.25, -0.2) is 0 Å². The predicted molar refractivity (Wildman–Crippen MR) is 91.8 cm³/mol. The summed E-state index contributed by atoms with van der Waals surface area (Å²) in [6.45, 7) is 0.639. The Hall–Kier alpha value is -3.08. The molecule has 0 fully saturated rings. The summed E-state index contributed by atoms with van der Waals surface area (Å²) in [6, 6.07) is 17.7. The number of aromatic nitrogens is 1. The number of ether oxygens (including phenoxy) is 1. The Balaban J connectivity index is 1.78. The molecule has 122 valence electrons. The topological polar surface area (TPSA) is 60.3 Å². The quantitative estimate of drug-likeness (QED) is 0.735. The summed E-state index contributed by atoms with van der Waals surface area (Å²) in [5.74, 6) is -0.767. The Labute approximate surface area is 139 Å². The van der Waals surface area contributed by atoms with Crippen LogP contribution in [0.25, 0.3) is 10.9 Å². The molecule has 0 bridgehead atoms. The lowest BCUT2D eigenvalue weighted by Gasteiger charge is -2.07. The lowest BCUT2D eigenvalue weighted by atomic mass is 10.1. The highest BCUT2D eigenvalue weighted by atomic mass is 16.5. The monoisotopic (exact) mass is 322 g/mol. The molecule has 0 unspecified atom stereocenters. The van der Waals surface area contributed by atoms with E-state index < -0.39 is 5.97 Å². The molecule has 3 rings (SSSR count). The van der Waals surface area contributed by atoms with Crippen molar-refractivity contribution in [2.75, 3.05) is 13.7 Å². The van der Waals surface area contributed by atoms with E-state index in [2.05, 4.69) is 26.8 Å². The highest BCUT2D eigenvalue weighted by Crippen LogP contribution is 2.19. The number of hydrogen-bond acceptors (Lipinski definition) is 3. The number of benzene rings is 2. The minimum atomic E-state index is -0.474.